The Balaban J connectivity index is 1.99. The summed E-state index contributed by atoms with van der Waals surface area (Å²) in [5.74, 6) is 0. The average Bonchev–Trinajstić information content (AvgIpc) is 2.40. The molecule has 80 valence electrons. The van der Waals surface area contributed by atoms with Crippen LogP contribution in [0.15, 0.2) is 24.3 Å². The van der Waals surface area contributed by atoms with E-state index in [1.807, 2.05) is 0 Å². The number of ether oxygens (including phenoxy) is 1. The van der Waals surface area contributed by atoms with Crippen LogP contribution in [0.25, 0.3) is 0 Å². The van der Waals surface area contributed by atoms with Gasteiger partial charge in [-0.25, -0.2) is 0 Å². The van der Waals surface area contributed by atoms with E-state index in [0.29, 0.717) is 12.2 Å². The Bertz CT molecular complexity index is 363. The van der Waals surface area contributed by atoms with Crippen molar-refractivity contribution < 1.29 is 4.74 Å². The van der Waals surface area contributed by atoms with Crippen molar-refractivity contribution in [2.45, 2.75) is 25.0 Å². The minimum Gasteiger partial charge on any atom is -0.369 e. The fourth-order valence-electron chi connectivity index (χ4n) is 2.68. The van der Waals surface area contributed by atoms with E-state index in [9.17, 15) is 0 Å². The van der Waals surface area contributed by atoms with Gasteiger partial charge < -0.3 is 9.64 Å². The highest BCUT2D eigenvalue weighted by atomic mass is 16.5. The molecular weight excluding hydrogens is 186 g/mol. The number of fused-ring (bicyclic) bond motifs is 4. The van der Waals surface area contributed by atoms with Gasteiger partial charge in [-0.2, -0.15) is 0 Å². The van der Waals surface area contributed by atoms with Gasteiger partial charge in [-0.15, -0.1) is 0 Å². The molecule has 1 saturated heterocycles. The molecule has 1 aromatic carbocycles. The Morgan fingerprint density at radius 3 is 3.13 bits per heavy atom. The van der Waals surface area contributed by atoms with Crippen molar-refractivity contribution in [3.63, 3.8) is 0 Å². The maximum Gasteiger partial charge on any atom is 0.0958 e. The Labute approximate surface area is 90.8 Å². The first-order valence-corrected chi connectivity index (χ1v) is 5.75. The third-order valence-electron chi connectivity index (χ3n) is 3.52. The van der Waals surface area contributed by atoms with Crippen molar-refractivity contribution in [2.24, 2.45) is 0 Å². The van der Waals surface area contributed by atoms with Crippen LogP contribution in [0.4, 0.5) is 0 Å². The van der Waals surface area contributed by atoms with Crippen LogP contribution in [0.2, 0.25) is 0 Å². The number of hydrogen-bond acceptors (Lipinski definition) is 2. The molecule has 3 rings (SSSR count). The van der Waals surface area contributed by atoms with Gasteiger partial charge in [0.05, 0.1) is 12.2 Å². The second-order valence-electron chi connectivity index (χ2n) is 4.70. The molecule has 2 heteroatoms. The fourth-order valence-corrected chi connectivity index (χ4v) is 2.68. The highest BCUT2D eigenvalue weighted by Crippen LogP contribution is 2.33. The number of hydrogen-bond donors (Lipinski definition) is 0. The predicted molar refractivity (Wildman–Crippen MR) is 59.9 cm³/mol. The Morgan fingerprint density at radius 1 is 1.33 bits per heavy atom. The molecule has 0 saturated carbocycles. The molecule has 0 amide bonds. The van der Waals surface area contributed by atoms with E-state index in [-0.39, 0.29) is 0 Å². The fraction of sp³-hybridized carbons (Fsp3) is 0.538. The maximum absolute atomic E-state index is 6.10. The summed E-state index contributed by atoms with van der Waals surface area (Å²) in [7, 11) is 2.19. The standard InChI is InChI=1S/C13H17NO/c1-14-7-6-11-8-10-4-2-3-5-12(10)13(9-14)15-11/h2-5,11,13H,6-9H2,1H3. The molecular formula is C13H17NO. The van der Waals surface area contributed by atoms with Crippen LogP contribution < -0.4 is 0 Å². The van der Waals surface area contributed by atoms with Crippen LogP contribution in [0.5, 0.6) is 0 Å². The van der Waals surface area contributed by atoms with Crippen molar-refractivity contribution in [2.75, 3.05) is 20.1 Å². The molecule has 2 heterocycles. The van der Waals surface area contributed by atoms with Crippen molar-refractivity contribution >= 4 is 0 Å². The SMILES string of the molecule is CN1CCC2Cc3ccccc3C(C1)O2. The molecule has 1 aromatic rings. The zero-order valence-electron chi connectivity index (χ0n) is 9.15. The third-order valence-corrected chi connectivity index (χ3v) is 3.52. The third kappa shape index (κ3) is 1.68. The monoisotopic (exact) mass is 203 g/mol. The molecule has 0 spiro atoms. The van der Waals surface area contributed by atoms with Gasteiger partial charge in [0.25, 0.3) is 0 Å². The van der Waals surface area contributed by atoms with E-state index in [1.165, 1.54) is 17.5 Å². The van der Waals surface area contributed by atoms with Crippen molar-refractivity contribution in [3.8, 4) is 0 Å². The van der Waals surface area contributed by atoms with Crippen molar-refractivity contribution in [1.29, 1.82) is 0 Å². The summed E-state index contributed by atoms with van der Waals surface area (Å²) in [4.78, 5) is 2.38. The van der Waals surface area contributed by atoms with E-state index >= 15 is 0 Å². The summed E-state index contributed by atoms with van der Waals surface area (Å²) >= 11 is 0. The summed E-state index contributed by atoms with van der Waals surface area (Å²) < 4.78 is 6.10. The van der Waals surface area contributed by atoms with Crippen molar-refractivity contribution in [3.05, 3.63) is 35.4 Å². The lowest BCUT2D eigenvalue weighted by Gasteiger charge is -2.30. The smallest absolute Gasteiger partial charge is 0.0958 e. The van der Waals surface area contributed by atoms with Crippen LogP contribution in [-0.2, 0) is 11.2 Å². The Morgan fingerprint density at radius 2 is 2.20 bits per heavy atom. The normalized spacial score (nSPS) is 30.7. The highest BCUT2D eigenvalue weighted by molar-refractivity contribution is 5.32. The molecule has 2 atom stereocenters. The lowest BCUT2D eigenvalue weighted by Crippen LogP contribution is -2.27. The number of likely N-dealkylation sites (N-methyl/N-ethyl adjacent to an activating group) is 1. The minimum atomic E-state index is 0.299. The summed E-state index contributed by atoms with van der Waals surface area (Å²) in [6, 6.07) is 8.73. The highest BCUT2D eigenvalue weighted by Gasteiger charge is 2.30. The molecule has 2 nitrogen and oxygen atoms in total. The van der Waals surface area contributed by atoms with Gasteiger partial charge in [-0.05, 0) is 31.0 Å². The molecule has 0 radical (unpaired) electrons. The maximum atomic E-state index is 6.10. The first-order chi connectivity index (χ1) is 7.33. The van der Waals surface area contributed by atoms with E-state index in [2.05, 4.69) is 36.2 Å². The van der Waals surface area contributed by atoms with Gasteiger partial charge in [-0.1, -0.05) is 24.3 Å². The summed E-state index contributed by atoms with van der Waals surface area (Å²) in [5.41, 5.74) is 2.90. The summed E-state index contributed by atoms with van der Waals surface area (Å²) in [6.07, 6.45) is 3.00. The van der Waals surface area contributed by atoms with Gasteiger partial charge in [0, 0.05) is 13.1 Å². The quantitative estimate of drug-likeness (QED) is 0.639. The zero-order valence-corrected chi connectivity index (χ0v) is 9.15. The Hall–Kier alpha value is -0.860. The molecule has 15 heavy (non-hydrogen) atoms. The van der Waals surface area contributed by atoms with Crippen LogP contribution in [0, 0.1) is 0 Å². The van der Waals surface area contributed by atoms with Gasteiger partial charge in [0.2, 0.25) is 0 Å². The summed E-state index contributed by atoms with van der Waals surface area (Å²) in [6.45, 7) is 2.20. The predicted octanol–water partition coefficient (Wildman–Crippen LogP) is 2.00. The Kier molecular flexibility index (Phi) is 2.26. The second kappa shape index (κ2) is 3.62. The van der Waals surface area contributed by atoms with Gasteiger partial charge >= 0.3 is 0 Å². The van der Waals surface area contributed by atoms with E-state index < -0.39 is 0 Å². The largest absolute Gasteiger partial charge is 0.369 e. The summed E-state index contributed by atoms with van der Waals surface area (Å²) in [5, 5.41) is 0. The van der Waals surface area contributed by atoms with Crippen LogP contribution in [-0.4, -0.2) is 31.1 Å². The lowest BCUT2D eigenvalue weighted by atomic mass is 9.94. The number of rotatable bonds is 0. The molecule has 0 aliphatic carbocycles. The minimum absolute atomic E-state index is 0.299. The average molecular weight is 203 g/mol. The first kappa shape index (κ1) is 9.37. The molecule has 2 aliphatic rings. The van der Waals surface area contributed by atoms with E-state index in [1.54, 1.807) is 0 Å². The van der Waals surface area contributed by atoms with Crippen molar-refractivity contribution in [1.82, 2.24) is 4.90 Å². The van der Waals surface area contributed by atoms with Crippen LogP contribution in [0.1, 0.15) is 23.7 Å². The molecule has 2 unspecified atom stereocenters. The molecule has 2 aliphatic heterocycles. The van der Waals surface area contributed by atoms with E-state index in [4.69, 9.17) is 4.74 Å². The molecule has 0 aromatic heterocycles. The molecule has 1 fully saturated rings. The molecule has 0 N–H and O–H groups in total. The zero-order chi connectivity index (χ0) is 10.3. The van der Waals surface area contributed by atoms with Gasteiger partial charge in [-0.3, -0.25) is 0 Å². The number of nitrogens with zero attached hydrogens (tertiary/aromatic N) is 1. The van der Waals surface area contributed by atoms with Gasteiger partial charge in [0.1, 0.15) is 0 Å². The van der Waals surface area contributed by atoms with Crippen LogP contribution in [0.3, 0.4) is 0 Å². The van der Waals surface area contributed by atoms with E-state index in [0.717, 1.165) is 19.5 Å². The number of benzene rings is 1. The van der Waals surface area contributed by atoms with Gasteiger partial charge in [0.15, 0.2) is 0 Å². The topological polar surface area (TPSA) is 12.5 Å². The first-order valence-electron chi connectivity index (χ1n) is 5.75. The van der Waals surface area contributed by atoms with Crippen LogP contribution >= 0.6 is 0 Å². The second-order valence-corrected chi connectivity index (χ2v) is 4.70. The molecule has 2 bridgehead atoms. The lowest BCUT2D eigenvalue weighted by molar-refractivity contribution is -0.0185.